The van der Waals surface area contributed by atoms with Crippen molar-refractivity contribution in [1.29, 1.82) is 0 Å². The Bertz CT molecular complexity index is 550. The smallest absolute Gasteiger partial charge is 0.210 e. The number of hydrogen-bond donors (Lipinski definition) is 0. The van der Waals surface area contributed by atoms with Gasteiger partial charge in [0.25, 0.3) is 16.1 Å². The van der Waals surface area contributed by atoms with Crippen molar-refractivity contribution in [3.8, 4) is 0 Å². The molecule has 0 N–H and O–H groups in total. The largest absolute Gasteiger partial charge is 0.292 e. The average Bonchev–Trinajstić information content (AvgIpc) is 2.40. The number of rotatable bonds is 3. The van der Waals surface area contributed by atoms with Crippen LogP contribution in [0, 0.1) is 0 Å². The van der Waals surface area contributed by atoms with Crippen LogP contribution in [0.5, 0.6) is 0 Å². The van der Waals surface area contributed by atoms with E-state index in [1.54, 1.807) is 0 Å². The summed E-state index contributed by atoms with van der Waals surface area (Å²) in [5.41, 5.74) is 1.17. The van der Waals surface area contributed by atoms with E-state index in [-0.39, 0.29) is 4.90 Å². The average molecular weight is 265 g/mol. The van der Waals surface area contributed by atoms with E-state index in [2.05, 4.69) is 4.40 Å². The van der Waals surface area contributed by atoms with Crippen LogP contribution >= 0.6 is 0 Å². The number of isocyanates is 1. The third-order valence-corrected chi connectivity index (χ3v) is 4.59. The SMILES string of the molecule is O=C=NS(=O)(=O)c1ccc(C2CCCCC2)cc1. The number of sulfonamides is 1. The van der Waals surface area contributed by atoms with Crippen LogP contribution in [0.2, 0.25) is 0 Å². The molecular weight excluding hydrogens is 250 g/mol. The maximum absolute atomic E-state index is 11.5. The van der Waals surface area contributed by atoms with Crippen LogP contribution in [0.4, 0.5) is 0 Å². The highest BCUT2D eigenvalue weighted by atomic mass is 32.2. The highest BCUT2D eigenvalue weighted by Gasteiger charge is 2.17. The van der Waals surface area contributed by atoms with E-state index in [1.165, 1.54) is 49.8 Å². The van der Waals surface area contributed by atoms with Gasteiger partial charge in [-0.1, -0.05) is 35.8 Å². The lowest BCUT2D eigenvalue weighted by atomic mass is 9.84. The van der Waals surface area contributed by atoms with Crippen LogP contribution in [0.1, 0.15) is 43.6 Å². The second kappa shape index (κ2) is 5.46. The van der Waals surface area contributed by atoms with Gasteiger partial charge in [0.15, 0.2) is 0 Å². The van der Waals surface area contributed by atoms with E-state index < -0.39 is 10.0 Å². The quantitative estimate of drug-likeness (QED) is 0.623. The van der Waals surface area contributed by atoms with E-state index in [4.69, 9.17) is 0 Å². The zero-order valence-corrected chi connectivity index (χ0v) is 10.8. The Morgan fingerprint density at radius 1 is 1.06 bits per heavy atom. The van der Waals surface area contributed by atoms with Gasteiger partial charge in [-0.25, -0.2) is 4.79 Å². The zero-order valence-electron chi connectivity index (χ0n) is 10.0. The van der Waals surface area contributed by atoms with Gasteiger partial charge in [0.05, 0.1) is 4.90 Å². The highest BCUT2D eigenvalue weighted by Crippen LogP contribution is 2.32. The summed E-state index contributed by atoms with van der Waals surface area (Å²) < 4.78 is 25.8. The van der Waals surface area contributed by atoms with Crippen LogP contribution in [-0.4, -0.2) is 14.5 Å². The zero-order chi connectivity index (χ0) is 13.0. The molecule has 0 heterocycles. The molecule has 1 aliphatic carbocycles. The number of nitrogens with zero attached hydrogens (tertiary/aromatic N) is 1. The minimum Gasteiger partial charge on any atom is -0.210 e. The molecule has 0 unspecified atom stereocenters. The number of carbonyl (C=O) groups excluding carboxylic acids is 1. The molecule has 18 heavy (non-hydrogen) atoms. The lowest BCUT2D eigenvalue weighted by molar-refractivity contribution is 0.443. The molecule has 1 aliphatic rings. The van der Waals surface area contributed by atoms with Gasteiger partial charge in [-0.3, -0.25) is 0 Å². The topological polar surface area (TPSA) is 63.6 Å². The summed E-state index contributed by atoms with van der Waals surface area (Å²) in [6.07, 6.45) is 7.16. The minimum atomic E-state index is -3.86. The van der Waals surface area contributed by atoms with Crippen LogP contribution < -0.4 is 0 Å². The Morgan fingerprint density at radius 2 is 1.67 bits per heavy atom. The first kappa shape index (κ1) is 13.0. The van der Waals surface area contributed by atoms with Crippen LogP contribution in [0.3, 0.4) is 0 Å². The summed E-state index contributed by atoms with van der Waals surface area (Å²) >= 11 is 0. The lowest BCUT2D eigenvalue weighted by Crippen LogP contribution is -2.05. The highest BCUT2D eigenvalue weighted by molar-refractivity contribution is 7.90. The Balaban J connectivity index is 2.22. The Hall–Kier alpha value is -1.45. The van der Waals surface area contributed by atoms with E-state index >= 15 is 0 Å². The molecule has 0 bridgehead atoms. The first-order valence-electron chi connectivity index (χ1n) is 6.07. The van der Waals surface area contributed by atoms with Gasteiger partial charge in [-0.15, -0.1) is 0 Å². The van der Waals surface area contributed by atoms with Gasteiger partial charge < -0.3 is 0 Å². The van der Waals surface area contributed by atoms with E-state index in [0.717, 1.165) is 6.08 Å². The van der Waals surface area contributed by atoms with Crippen LogP contribution in [0.25, 0.3) is 0 Å². The summed E-state index contributed by atoms with van der Waals surface area (Å²) in [7, 11) is -3.86. The molecule has 5 heteroatoms. The van der Waals surface area contributed by atoms with Crippen molar-refractivity contribution in [3.05, 3.63) is 29.8 Å². The van der Waals surface area contributed by atoms with Gasteiger partial charge >= 0.3 is 0 Å². The minimum absolute atomic E-state index is 0.0467. The second-order valence-electron chi connectivity index (χ2n) is 4.56. The first-order valence-corrected chi connectivity index (χ1v) is 7.51. The molecule has 0 radical (unpaired) electrons. The van der Waals surface area contributed by atoms with Gasteiger partial charge in [0.1, 0.15) is 0 Å². The summed E-state index contributed by atoms with van der Waals surface area (Å²) in [5, 5.41) is 0. The maximum Gasteiger partial charge on any atom is 0.292 e. The van der Waals surface area contributed by atoms with Crippen molar-refractivity contribution in [1.82, 2.24) is 0 Å². The summed E-state index contributed by atoms with van der Waals surface area (Å²) in [6, 6.07) is 6.67. The third-order valence-electron chi connectivity index (χ3n) is 3.41. The van der Waals surface area contributed by atoms with E-state index in [1.807, 2.05) is 12.1 Å². The molecule has 0 saturated heterocycles. The fraction of sp³-hybridized carbons (Fsp3) is 0.462. The summed E-state index contributed by atoms with van der Waals surface area (Å²) in [4.78, 5) is 10.1. The predicted molar refractivity (Wildman–Crippen MR) is 67.6 cm³/mol. The van der Waals surface area contributed by atoms with Crippen LogP contribution in [-0.2, 0) is 14.8 Å². The molecule has 1 aromatic carbocycles. The second-order valence-corrected chi connectivity index (χ2v) is 6.17. The molecule has 1 saturated carbocycles. The molecule has 2 rings (SSSR count). The molecule has 0 aromatic heterocycles. The van der Waals surface area contributed by atoms with Crippen molar-refractivity contribution < 1.29 is 13.2 Å². The number of benzene rings is 1. The Kier molecular flexibility index (Phi) is 3.94. The maximum atomic E-state index is 11.5. The third kappa shape index (κ3) is 2.86. The van der Waals surface area contributed by atoms with Gasteiger partial charge in [0.2, 0.25) is 0 Å². The fourth-order valence-corrected chi connectivity index (χ4v) is 3.13. The molecule has 0 spiro atoms. The monoisotopic (exact) mass is 265 g/mol. The van der Waals surface area contributed by atoms with E-state index in [0.29, 0.717) is 5.92 Å². The van der Waals surface area contributed by atoms with Crippen molar-refractivity contribution in [2.45, 2.75) is 42.9 Å². The molecule has 0 aliphatic heterocycles. The standard InChI is InChI=1S/C13H15NO3S/c15-10-14-18(16,17)13-8-6-12(7-9-13)11-4-2-1-3-5-11/h6-9,11H,1-5H2. The molecule has 0 atom stereocenters. The van der Waals surface area contributed by atoms with Crippen molar-refractivity contribution in [2.24, 2.45) is 4.40 Å². The van der Waals surface area contributed by atoms with Gasteiger partial charge in [-0.05, 0) is 36.5 Å². The van der Waals surface area contributed by atoms with Crippen molar-refractivity contribution in [3.63, 3.8) is 0 Å². The molecule has 0 amide bonds. The van der Waals surface area contributed by atoms with Gasteiger partial charge in [0, 0.05) is 0 Å². The molecule has 1 aromatic rings. The molecule has 96 valence electrons. The Labute approximate surface area is 107 Å². The fourth-order valence-electron chi connectivity index (χ4n) is 2.45. The van der Waals surface area contributed by atoms with Crippen molar-refractivity contribution in [2.75, 3.05) is 0 Å². The van der Waals surface area contributed by atoms with Crippen LogP contribution in [0.15, 0.2) is 33.6 Å². The summed E-state index contributed by atoms with van der Waals surface area (Å²) in [6.45, 7) is 0. The molecular formula is C13H15NO3S. The first-order chi connectivity index (χ1) is 8.63. The lowest BCUT2D eigenvalue weighted by Gasteiger charge is -2.21. The molecule has 1 fully saturated rings. The van der Waals surface area contributed by atoms with E-state index in [9.17, 15) is 13.2 Å². The van der Waals surface area contributed by atoms with Crippen molar-refractivity contribution >= 4 is 16.1 Å². The summed E-state index contributed by atoms with van der Waals surface area (Å²) in [5.74, 6) is 0.532. The molecule has 4 nitrogen and oxygen atoms in total. The van der Waals surface area contributed by atoms with Gasteiger partial charge in [-0.2, -0.15) is 8.42 Å². The number of hydrogen-bond acceptors (Lipinski definition) is 3. The Morgan fingerprint density at radius 3 is 2.22 bits per heavy atom. The normalized spacial score (nSPS) is 17.1. The predicted octanol–water partition coefficient (Wildman–Crippen LogP) is 2.76.